The van der Waals surface area contributed by atoms with Crippen LogP contribution in [0.15, 0.2) is 97.1 Å². The van der Waals surface area contributed by atoms with E-state index < -0.39 is 14.4 Å². The highest BCUT2D eigenvalue weighted by Crippen LogP contribution is 2.45. The Morgan fingerprint density at radius 2 is 0.769 bits per heavy atom. The van der Waals surface area contributed by atoms with Crippen molar-refractivity contribution in [3.63, 3.8) is 0 Å². The molecule has 196 valence electrons. The number of benzene rings is 4. The van der Waals surface area contributed by atoms with Crippen molar-refractivity contribution in [2.24, 2.45) is 0 Å². The monoisotopic (exact) mass is 533 g/mol. The largest absolute Gasteiger partial charge is 1.21 e. The Bertz CT molecular complexity index is 1330. The van der Waals surface area contributed by atoms with Crippen molar-refractivity contribution in [1.82, 2.24) is 10.6 Å². The molecule has 6 nitrogen and oxygen atoms in total. The summed E-state index contributed by atoms with van der Waals surface area (Å²) in [6.07, 6.45) is 4.56. The first-order valence-corrected chi connectivity index (χ1v) is 15.9. The second-order valence-electron chi connectivity index (χ2n) is 10.9. The Morgan fingerprint density at radius 1 is 0.462 bits per heavy atom. The van der Waals surface area contributed by atoms with Crippen LogP contribution < -0.4 is 25.8 Å². The van der Waals surface area contributed by atoms with Crippen LogP contribution in [0.25, 0.3) is 0 Å². The van der Waals surface area contributed by atoms with Crippen LogP contribution in [-0.2, 0) is 0 Å². The molecule has 0 radical (unpaired) electrons. The van der Waals surface area contributed by atoms with E-state index in [9.17, 15) is 0 Å². The Kier molecular flexibility index (Phi) is 5.60. The van der Waals surface area contributed by atoms with E-state index >= 15 is 0 Å². The van der Waals surface area contributed by atoms with Gasteiger partial charge in [0.2, 0.25) is 0 Å². The van der Waals surface area contributed by atoms with Gasteiger partial charge in [-0.1, -0.05) is 85.6 Å². The van der Waals surface area contributed by atoms with Crippen molar-refractivity contribution in [3.05, 3.63) is 119 Å². The molecule has 0 aromatic heterocycles. The normalized spacial score (nSPS) is 28.3. The van der Waals surface area contributed by atoms with E-state index in [4.69, 9.17) is 15.2 Å². The Hall–Kier alpha value is -3.47. The minimum absolute atomic E-state index is 0.105. The highest BCUT2D eigenvalue weighted by Gasteiger charge is 2.66. The van der Waals surface area contributed by atoms with Crippen LogP contribution in [0.3, 0.4) is 0 Å². The fraction of sp³-hybridized carbons (Fsp3) is 0.250. The average Bonchev–Trinajstić information content (AvgIpc) is 2.97. The van der Waals surface area contributed by atoms with Gasteiger partial charge in [-0.05, 0) is 37.1 Å². The molecule has 7 heteroatoms. The lowest BCUT2D eigenvalue weighted by molar-refractivity contribution is 0.153. The van der Waals surface area contributed by atoms with Gasteiger partial charge >= 0.3 is 14.4 Å². The third-order valence-electron chi connectivity index (χ3n) is 8.53. The summed E-state index contributed by atoms with van der Waals surface area (Å²) in [6.45, 7) is 0. The van der Waals surface area contributed by atoms with Crippen molar-refractivity contribution in [2.75, 3.05) is 0 Å². The molecular weight excluding hydrogens is 503 g/mol. The quantitative estimate of drug-likeness (QED) is 0.269. The van der Waals surface area contributed by atoms with E-state index in [1.165, 1.54) is 12.8 Å². The van der Waals surface area contributed by atoms with Crippen molar-refractivity contribution in [1.29, 1.82) is 0 Å². The van der Waals surface area contributed by atoms with E-state index in [0.29, 0.717) is 0 Å². The second kappa shape index (κ2) is 9.32. The summed E-state index contributed by atoms with van der Waals surface area (Å²) in [7, 11) is 0. The lowest BCUT2D eigenvalue weighted by Crippen LogP contribution is -2.61. The Balaban J connectivity index is 1.46. The maximum atomic E-state index is 6.88. The SMILES string of the molecule is c1ccc2c(c1)[O][Al-]13[O]c4ccccc4C2N[C@@H]2CCCC[C@H]2NC(c2ccccc2[O]1)c1ccccc1[O]3. The molecule has 3 bridgehead atoms. The predicted molar refractivity (Wildman–Crippen MR) is 150 cm³/mol. The summed E-state index contributed by atoms with van der Waals surface area (Å²) >= 11 is -4.30. The smallest absolute Gasteiger partial charge is 0.697 e. The molecule has 0 saturated heterocycles. The zero-order chi connectivity index (χ0) is 25.8. The van der Waals surface area contributed by atoms with Crippen LogP contribution in [0.5, 0.6) is 23.0 Å². The van der Waals surface area contributed by atoms with Crippen LogP contribution in [-0.4, -0.2) is 26.5 Å². The summed E-state index contributed by atoms with van der Waals surface area (Å²) in [5.41, 5.74) is 4.24. The first-order chi connectivity index (χ1) is 19.3. The Morgan fingerprint density at radius 3 is 1.10 bits per heavy atom. The van der Waals surface area contributed by atoms with Crippen molar-refractivity contribution < 1.29 is 15.2 Å². The molecule has 1 fully saturated rings. The summed E-state index contributed by atoms with van der Waals surface area (Å²) in [6, 6.07) is 33.2. The van der Waals surface area contributed by atoms with Crippen molar-refractivity contribution >= 4 is 14.4 Å². The van der Waals surface area contributed by atoms with Crippen LogP contribution >= 0.6 is 0 Å². The third-order valence-corrected chi connectivity index (χ3v) is 10.7. The Labute approximate surface area is 231 Å². The fourth-order valence-corrected chi connectivity index (χ4v) is 9.12. The highest BCUT2D eigenvalue weighted by atomic mass is 27.3. The number of hydrogen-bond acceptors (Lipinski definition) is 6. The summed E-state index contributed by atoms with van der Waals surface area (Å²) in [5.74, 6) is 2.89. The molecule has 2 N–H and O–H groups in total. The summed E-state index contributed by atoms with van der Waals surface area (Å²) < 4.78 is 27.5. The molecule has 1 spiro atoms. The van der Waals surface area contributed by atoms with Crippen LogP contribution in [0.4, 0.5) is 0 Å². The number of nitrogens with one attached hydrogen (secondary N) is 2. The van der Waals surface area contributed by atoms with Gasteiger partial charge < -0.3 is 25.8 Å². The van der Waals surface area contributed by atoms with Crippen LogP contribution in [0.2, 0.25) is 0 Å². The minimum Gasteiger partial charge on any atom is -0.697 e. The molecule has 6 heterocycles. The summed E-state index contributed by atoms with van der Waals surface area (Å²) in [4.78, 5) is 0. The molecule has 39 heavy (non-hydrogen) atoms. The topological polar surface area (TPSA) is 61.0 Å². The molecular formula is C32H30AlN2O4-. The zero-order valence-electron chi connectivity index (χ0n) is 21.6. The molecule has 11 rings (SSSR count). The van der Waals surface area contributed by atoms with E-state index in [2.05, 4.69) is 59.2 Å². The molecule has 4 aromatic rings. The van der Waals surface area contributed by atoms with Gasteiger partial charge in [-0.25, -0.2) is 0 Å². The van der Waals surface area contributed by atoms with Crippen LogP contribution in [0.1, 0.15) is 60.0 Å². The highest BCUT2D eigenvalue weighted by molar-refractivity contribution is 6.57. The fourth-order valence-electron chi connectivity index (χ4n) is 6.72. The number of rotatable bonds is 0. The minimum atomic E-state index is -4.30. The van der Waals surface area contributed by atoms with E-state index in [0.717, 1.165) is 58.1 Å². The lowest BCUT2D eigenvalue weighted by Gasteiger charge is -2.44. The number of para-hydroxylation sites is 4. The predicted octanol–water partition coefficient (Wildman–Crippen LogP) is 6.05. The van der Waals surface area contributed by atoms with Crippen molar-refractivity contribution in [3.8, 4) is 23.0 Å². The molecule has 6 aliphatic heterocycles. The maximum absolute atomic E-state index is 6.88. The van der Waals surface area contributed by atoms with Gasteiger partial charge in [-0.2, -0.15) is 0 Å². The zero-order valence-corrected chi connectivity index (χ0v) is 22.7. The van der Waals surface area contributed by atoms with Gasteiger partial charge in [0.1, 0.15) is 0 Å². The standard InChI is InChI=1S/C32H34N2O4.Al/c35-27-17-7-1-11-21(27)31(22-12-2-8-18-28(22)36)33-25-15-5-6-16-26(25)34-32(23-13-3-9-19-29(23)37)24-14-4-10-20-30(24)38;/h1-4,7-14,17-20,25-26,31-38H,5-6,15-16H2;/q;+3/p-4/t25-,26-;/m1./s1. The van der Waals surface area contributed by atoms with E-state index in [1.807, 2.05) is 48.5 Å². The lowest BCUT2D eigenvalue weighted by atomic mass is 9.86. The molecule has 1 saturated carbocycles. The maximum Gasteiger partial charge on any atom is 1.21 e. The van der Waals surface area contributed by atoms with Gasteiger partial charge in [0.25, 0.3) is 0 Å². The van der Waals surface area contributed by atoms with Crippen molar-refractivity contribution in [2.45, 2.75) is 49.9 Å². The van der Waals surface area contributed by atoms with E-state index in [1.54, 1.807) is 0 Å². The molecule has 7 aliphatic rings. The van der Waals surface area contributed by atoms with Gasteiger partial charge in [0.05, 0.1) is 35.1 Å². The third kappa shape index (κ3) is 4.00. The molecule has 0 amide bonds. The first-order valence-electron chi connectivity index (χ1n) is 14.0. The number of hydrogen-bond donors (Lipinski definition) is 2. The molecule has 0 unspecified atom stereocenters. The first kappa shape index (κ1) is 23.4. The van der Waals surface area contributed by atoms with Gasteiger partial charge in [0, 0.05) is 34.3 Å². The van der Waals surface area contributed by atoms with Gasteiger partial charge in [0.15, 0.2) is 0 Å². The molecule has 4 aromatic carbocycles. The second-order valence-corrected chi connectivity index (χ2v) is 13.0. The van der Waals surface area contributed by atoms with E-state index in [-0.39, 0.29) is 24.2 Å². The molecule has 2 atom stereocenters. The average molecular weight is 534 g/mol. The molecule has 1 aliphatic carbocycles. The van der Waals surface area contributed by atoms with Gasteiger partial charge in [-0.3, -0.25) is 0 Å². The van der Waals surface area contributed by atoms with Crippen LogP contribution in [0, 0.1) is 0 Å². The van der Waals surface area contributed by atoms with Gasteiger partial charge in [-0.15, -0.1) is 0 Å². The summed E-state index contributed by atoms with van der Waals surface area (Å²) in [5, 5.41) is 8.14.